The van der Waals surface area contributed by atoms with E-state index in [9.17, 15) is 4.79 Å². The smallest absolute Gasteiger partial charge is 0.309 e. The van der Waals surface area contributed by atoms with Gasteiger partial charge < -0.3 is 18.9 Å². The van der Waals surface area contributed by atoms with Gasteiger partial charge in [-0.25, -0.2) is 0 Å². The number of carbonyl (C=O) groups excluding carboxylic acids is 1. The van der Waals surface area contributed by atoms with Gasteiger partial charge >= 0.3 is 5.97 Å². The average molecular weight is 358 g/mol. The van der Waals surface area contributed by atoms with Crippen LogP contribution in [0.1, 0.15) is 37.9 Å². The number of cyclic esters (lactones) is 1. The van der Waals surface area contributed by atoms with E-state index in [-0.39, 0.29) is 36.8 Å². The van der Waals surface area contributed by atoms with Crippen LogP contribution in [0.25, 0.3) is 0 Å². The molecule has 4 atom stereocenters. The first-order chi connectivity index (χ1) is 12.7. The SMILES string of the molecule is CCO[C@H]1C=C[C@H]2C/C=C\C[C@H](c3ccc(OC)cc3)OC(=O)C[C@H]1O2. The first-order valence-corrected chi connectivity index (χ1v) is 9.13. The second-order valence-corrected chi connectivity index (χ2v) is 6.42. The van der Waals surface area contributed by atoms with Crippen LogP contribution in [-0.2, 0) is 19.0 Å². The van der Waals surface area contributed by atoms with Crippen molar-refractivity contribution in [1.29, 1.82) is 0 Å². The van der Waals surface area contributed by atoms with Gasteiger partial charge in [0.2, 0.25) is 0 Å². The van der Waals surface area contributed by atoms with E-state index in [4.69, 9.17) is 18.9 Å². The molecule has 0 spiro atoms. The summed E-state index contributed by atoms with van der Waals surface area (Å²) in [4.78, 5) is 12.5. The Morgan fingerprint density at radius 2 is 1.88 bits per heavy atom. The molecule has 5 nitrogen and oxygen atoms in total. The predicted molar refractivity (Wildman–Crippen MR) is 98.0 cm³/mol. The molecule has 2 bridgehead atoms. The summed E-state index contributed by atoms with van der Waals surface area (Å²) in [5, 5.41) is 0. The second kappa shape index (κ2) is 9.01. The Bertz CT molecular complexity index is 649. The number of benzene rings is 1. The number of hydrogen-bond donors (Lipinski definition) is 0. The molecule has 0 saturated carbocycles. The van der Waals surface area contributed by atoms with E-state index in [1.807, 2.05) is 49.4 Å². The highest BCUT2D eigenvalue weighted by Gasteiger charge is 2.31. The van der Waals surface area contributed by atoms with Gasteiger partial charge in [0.1, 0.15) is 18.0 Å². The van der Waals surface area contributed by atoms with Crippen LogP contribution in [0.2, 0.25) is 0 Å². The van der Waals surface area contributed by atoms with Crippen LogP contribution in [0.3, 0.4) is 0 Å². The Morgan fingerprint density at radius 3 is 2.62 bits per heavy atom. The Morgan fingerprint density at radius 1 is 1.12 bits per heavy atom. The molecular weight excluding hydrogens is 332 g/mol. The topological polar surface area (TPSA) is 54.0 Å². The van der Waals surface area contributed by atoms with Crippen molar-refractivity contribution in [2.75, 3.05) is 13.7 Å². The summed E-state index contributed by atoms with van der Waals surface area (Å²) >= 11 is 0. The monoisotopic (exact) mass is 358 g/mol. The maximum absolute atomic E-state index is 12.5. The largest absolute Gasteiger partial charge is 0.497 e. The molecule has 2 aliphatic rings. The number of fused-ring (bicyclic) bond motifs is 2. The molecule has 0 aliphatic carbocycles. The van der Waals surface area contributed by atoms with E-state index < -0.39 is 0 Å². The minimum absolute atomic E-state index is 0.0294. The molecule has 0 amide bonds. The summed E-state index contributed by atoms with van der Waals surface area (Å²) in [5.74, 6) is 0.505. The van der Waals surface area contributed by atoms with Crippen molar-refractivity contribution in [1.82, 2.24) is 0 Å². The van der Waals surface area contributed by atoms with Crippen LogP contribution in [0.4, 0.5) is 0 Å². The van der Waals surface area contributed by atoms with Gasteiger partial charge in [0, 0.05) is 13.0 Å². The molecule has 3 rings (SSSR count). The second-order valence-electron chi connectivity index (χ2n) is 6.42. The minimum atomic E-state index is -0.319. The normalized spacial score (nSPS) is 30.2. The van der Waals surface area contributed by atoms with E-state index in [2.05, 4.69) is 6.08 Å². The third-order valence-corrected chi connectivity index (χ3v) is 4.60. The van der Waals surface area contributed by atoms with E-state index in [0.717, 1.165) is 17.7 Å². The lowest BCUT2D eigenvalue weighted by molar-refractivity contribution is -0.157. The lowest BCUT2D eigenvalue weighted by atomic mass is 10.0. The summed E-state index contributed by atoms with van der Waals surface area (Å²) in [7, 11) is 1.63. The first-order valence-electron chi connectivity index (χ1n) is 9.13. The third-order valence-electron chi connectivity index (χ3n) is 4.60. The molecule has 2 heterocycles. The van der Waals surface area contributed by atoms with Crippen LogP contribution < -0.4 is 4.74 Å². The molecule has 1 aromatic carbocycles. The number of rotatable bonds is 4. The van der Waals surface area contributed by atoms with Gasteiger partial charge in [-0.1, -0.05) is 36.4 Å². The minimum Gasteiger partial charge on any atom is -0.497 e. The molecule has 0 aromatic heterocycles. The standard InChI is InChI=1S/C21H26O5/c1-3-24-19-13-12-17-6-4-5-7-18(26-21(22)14-20(19)25-17)15-8-10-16(23-2)11-9-15/h4-5,8-13,17-20H,3,6-7,14H2,1-2H3/b5-4-/t17-,18-,19+,20-/m1/s1. The molecule has 0 N–H and O–H groups in total. The lowest BCUT2D eigenvalue weighted by Crippen LogP contribution is -2.38. The average Bonchev–Trinajstić information content (AvgIpc) is 2.68. The molecule has 26 heavy (non-hydrogen) atoms. The van der Waals surface area contributed by atoms with Gasteiger partial charge in [-0.05, 0) is 31.0 Å². The number of hydrogen-bond acceptors (Lipinski definition) is 5. The molecule has 0 saturated heterocycles. The highest BCUT2D eigenvalue weighted by atomic mass is 16.6. The molecule has 0 unspecified atom stereocenters. The zero-order chi connectivity index (χ0) is 18.4. The fourth-order valence-corrected chi connectivity index (χ4v) is 3.25. The number of ether oxygens (including phenoxy) is 4. The molecule has 0 radical (unpaired) electrons. The Kier molecular flexibility index (Phi) is 6.47. The first kappa shape index (κ1) is 18.7. The predicted octanol–water partition coefficient (Wildman–Crippen LogP) is 3.75. The van der Waals surface area contributed by atoms with Gasteiger partial charge in [0.15, 0.2) is 0 Å². The van der Waals surface area contributed by atoms with Crippen LogP contribution in [0.5, 0.6) is 5.75 Å². The van der Waals surface area contributed by atoms with Crippen molar-refractivity contribution in [3.05, 3.63) is 54.1 Å². The summed E-state index contributed by atoms with van der Waals surface area (Å²) in [6.45, 7) is 2.51. The van der Waals surface area contributed by atoms with Gasteiger partial charge in [0.25, 0.3) is 0 Å². The van der Waals surface area contributed by atoms with Crippen molar-refractivity contribution >= 4 is 5.97 Å². The molecule has 140 valence electrons. The van der Waals surface area contributed by atoms with Crippen LogP contribution in [-0.4, -0.2) is 38.0 Å². The van der Waals surface area contributed by atoms with Gasteiger partial charge in [-0.15, -0.1) is 0 Å². The van der Waals surface area contributed by atoms with E-state index >= 15 is 0 Å². The van der Waals surface area contributed by atoms with Crippen molar-refractivity contribution in [2.24, 2.45) is 0 Å². The fraction of sp³-hybridized carbons (Fsp3) is 0.476. The van der Waals surface area contributed by atoms with E-state index in [1.54, 1.807) is 7.11 Å². The van der Waals surface area contributed by atoms with Crippen molar-refractivity contribution in [3.63, 3.8) is 0 Å². The quantitative estimate of drug-likeness (QED) is 0.606. The Labute approximate surface area is 154 Å². The number of esters is 1. The van der Waals surface area contributed by atoms with Gasteiger partial charge in [-0.2, -0.15) is 0 Å². The van der Waals surface area contributed by atoms with E-state index in [0.29, 0.717) is 13.0 Å². The van der Waals surface area contributed by atoms with Crippen molar-refractivity contribution in [2.45, 2.75) is 50.6 Å². The third kappa shape index (κ3) is 4.74. The highest BCUT2D eigenvalue weighted by Crippen LogP contribution is 2.28. The lowest BCUT2D eigenvalue weighted by Gasteiger charge is -2.31. The highest BCUT2D eigenvalue weighted by molar-refractivity contribution is 5.70. The van der Waals surface area contributed by atoms with Crippen LogP contribution in [0.15, 0.2) is 48.6 Å². The Hall–Kier alpha value is -2.11. The maximum atomic E-state index is 12.5. The summed E-state index contributed by atoms with van der Waals surface area (Å²) < 4.78 is 22.7. The van der Waals surface area contributed by atoms with Gasteiger partial charge in [-0.3, -0.25) is 4.79 Å². The molecular formula is C21H26O5. The number of carbonyl (C=O) groups is 1. The van der Waals surface area contributed by atoms with Crippen molar-refractivity contribution in [3.8, 4) is 5.75 Å². The van der Waals surface area contributed by atoms with Crippen LogP contribution in [0, 0.1) is 0 Å². The summed E-state index contributed by atoms with van der Waals surface area (Å²) in [5.41, 5.74) is 0.950. The maximum Gasteiger partial charge on any atom is 0.309 e. The number of methoxy groups -OCH3 is 1. The molecule has 0 fully saturated rings. The van der Waals surface area contributed by atoms with Gasteiger partial charge in [0.05, 0.1) is 25.7 Å². The molecule has 5 heteroatoms. The zero-order valence-electron chi connectivity index (χ0n) is 15.3. The molecule has 1 aromatic rings. The molecule has 2 aliphatic heterocycles. The van der Waals surface area contributed by atoms with Crippen molar-refractivity contribution < 1.29 is 23.7 Å². The fourth-order valence-electron chi connectivity index (χ4n) is 3.25. The summed E-state index contributed by atoms with van der Waals surface area (Å²) in [6.07, 6.45) is 8.86. The van der Waals surface area contributed by atoms with E-state index in [1.165, 1.54) is 0 Å². The zero-order valence-corrected chi connectivity index (χ0v) is 15.3. The Balaban J connectivity index is 1.77. The van der Waals surface area contributed by atoms with Crippen LogP contribution >= 0.6 is 0 Å². The summed E-state index contributed by atoms with van der Waals surface area (Å²) in [6, 6.07) is 7.62.